The molecule has 0 radical (unpaired) electrons. The molecule has 2 rings (SSSR count). The molecule has 2 aromatic carbocycles. The van der Waals surface area contributed by atoms with Gasteiger partial charge in [0, 0.05) is 19.1 Å². The summed E-state index contributed by atoms with van der Waals surface area (Å²) in [6, 6.07) is 12.7. The molecule has 0 unspecified atom stereocenters. The molecule has 0 spiro atoms. The summed E-state index contributed by atoms with van der Waals surface area (Å²) in [5.41, 5.74) is 0.974. The minimum Gasteiger partial charge on any atom is -0.457 e. The third-order valence-electron chi connectivity index (χ3n) is 3.13. The van der Waals surface area contributed by atoms with E-state index in [0.29, 0.717) is 5.02 Å². The molecule has 5 nitrogen and oxygen atoms in total. The summed E-state index contributed by atoms with van der Waals surface area (Å²) in [7, 11) is -0.731. The van der Waals surface area contributed by atoms with Gasteiger partial charge < -0.3 is 4.74 Å². The summed E-state index contributed by atoms with van der Waals surface area (Å²) in [5, 5.41) is 0.599. The SMILES string of the molecule is CN(C)S(=O)(=O)c1cccc(C(=O)OCc2ccc(Cl)cc2)c1. The van der Waals surface area contributed by atoms with E-state index in [0.717, 1.165) is 9.87 Å². The Bertz CT molecular complexity index is 801. The van der Waals surface area contributed by atoms with Crippen molar-refractivity contribution in [3.05, 3.63) is 64.7 Å². The minimum atomic E-state index is -3.59. The first kappa shape index (κ1) is 17.5. The van der Waals surface area contributed by atoms with Gasteiger partial charge in [0.2, 0.25) is 10.0 Å². The molecule has 0 heterocycles. The summed E-state index contributed by atoms with van der Waals surface area (Å²) >= 11 is 5.79. The zero-order valence-corrected chi connectivity index (χ0v) is 14.3. The quantitative estimate of drug-likeness (QED) is 0.775. The average molecular weight is 354 g/mol. The standard InChI is InChI=1S/C16H16ClNO4S/c1-18(2)23(20,21)15-5-3-4-13(10-15)16(19)22-11-12-6-8-14(17)9-7-12/h3-10H,11H2,1-2H3. The number of hydrogen-bond donors (Lipinski definition) is 0. The molecular formula is C16H16ClNO4S. The maximum absolute atomic E-state index is 12.1. The van der Waals surface area contributed by atoms with E-state index in [1.54, 1.807) is 24.3 Å². The van der Waals surface area contributed by atoms with Crippen molar-refractivity contribution in [2.75, 3.05) is 14.1 Å². The molecule has 7 heteroatoms. The first-order valence-corrected chi connectivity index (χ1v) is 8.56. The fourth-order valence-corrected chi connectivity index (χ4v) is 2.88. The normalized spacial score (nSPS) is 11.5. The van der Waals surface area contributed by atoms with Crippen molar-refractivity contribution < 1.29 is 17.9 Å². The molecule has 23 heavy (non-hydrogen) atoms. The number of sulfonamides is 1. The summed E-state index contributed by atoms with van der Waals surface area (Å²) < 4.78 is 30.4. The van der Waals surface area contributed by atoms with Crippen LogP contribution in [0.5, 0.6) is 0 Å². The maximum Gasteiger partial charge on any atom is 0.338 e. The molecular weight excluding hydrogens is 338 g/mol. The molecule has 0 aliphatic rings. The van der Waals surface area contributed by atoms with Crippen molar-refractivity contribution >= 4 is 27.6 Å². The fraction of sp³-hybridized carbons (Fsp3) is 0.188. The summed E-state index contributed by atoms with van der Waals surface area (Å²) in [6.07, 6.45) is 0. The Balaban J connectivity index is 2.12. The Hall–Kier alpha value is -1.89. The smallest absolute Gasteiger partial charge is 0.338 e. The predicted octanol–water partition coefficient (Wildman–Crippen LogP) is 2.95. The summed E-state index contributed by atoms with van der Waals surface area (Å²) in [4.78, 5) is 12.1. The van der Waals surface area contributed by atoms with Crippen LogP contribution in [0.25, 0.3) is 0 Å². The number of hydrogen-bond acceptors (Lipinski definition) is 4. The van der Waals surface area contributed by atoms with E-state index >= 15 is 0 Å². The average Bonchev–Trinajstić information content (AvgIpc) is 2.54. The van der Waals surface area contributed by atoms with Crippen molar-refractivity contribution in [3.63, 3.8) is 0 Å². The second kappa shape index (κ2) is 7.12. The molecule has 0 atom stereocenters. The Morgan fingerprint density at radius 3 is 2.39 bits per heavy atom. The van der Waals surface area contributed by atoms with Gasteiger partial charge in [0.15, 0.2) is 0 Å². The predicted molar refractivity (Wildman–Crippen MR) is 87.9 cm³/mol. The Labute approximate surface area is 140 Å². The highest BCUT2D eigenvalue weighted by Gasteiger charge is 2.19. The van der Waals surface area contributed by atoms with Crippen LogP contribution in [0.3, 0.4) is 0 Å². The Morgan fingerprint density at radius 2 is 1.78 bits per heavy atom. The molecule has 0 bridgehead atoms. The lowest BCUT2D eigenvalue weighted by Gasteiger charge is -2.12. The van der Waals surface area contributed by atoms with Crippen LogP contribution in [0, 0.1) is 0 Å². The third kappa shape index (κ3) is 4.31. The lowest BCUT2D eigenvalue weighted by atomic mass is 10.2. The van der Waals surface area contributed by atoms with Crippen LogP contribution < -0.4 is 0 Å². The van der Waals surface area contributed by atoms with E-state index in [1.165, 1.54) is 38.4 Å². The Morgan fingerprint density at radius 1 is 1.13 bits per heavy atom. The molecule has 0 saturated heterocycles. The van der Waals surface area contributed by atoms with Crippen LogP contribution in [-0.2, 0) is 21.4 Å². The Kier molecular flexibility index (Phi) is 5.41. The van der Waals surface area contributed by atoms with E-state index < -0.39 is 16.0 Å². The van der Waals surface area contributed by atoms with Gasteiger partial charge in [0.25, 0.3) is 0 Å². The molecule has 0 fully saturated rings. The van der Waals surface area contributed by atoms with Gasteiger partial charge >= 0.3 is 5.97 Å². The molecule has 0 aliphatic heterocycles. The van der Waals surface area contributed by atoms with Gasteiger partial charge in [-0.05, 0) is 35.9 Å². The lowest BCUT2D eigenvalue weighted by Crippen LogP contribution is -2.22. The molecule has 2 aromatic rings. The van der Waals surface area contributed by atoms with Crippen molar-refractivity contribution in [1.82, 2.24) is 4.31 Å². The summed E-state index contributed by atoms with van der Waals surface area (Å²) in [6.45, 7) is 0.0840. The molecule has 0 aliphatic carbocycles. The van der Waals surface area contributed by atoms with E-state index in [-0.39, 0.29) is 17.1 Å². The minimum absolute atomic E-state index is 0.0449. The first-order valence-electron chi connectivity index (χ1n) is 6.75. The first-order chi connectivity index (χ1) is 10.8. The molecule has 0 aromatic heterocycles. The molecule has 122 valence electrons. The fourth-order valence-electron chi connectivity index (χ4n) is 1.81. The van der Waals surface area contributed by atoms with Crippen LogP contribution >= 0.6 is 11.6 Å². The monoisotopic (exact) mass is 353 g/mol. The largest absolute Gasteiger partial charge is 0.457 e. The van der Waals surface area contributed by atoms with Crippen molar-refractivity contribution in [2.45, 2.75) is 11.5 Å². The molecule has 0 saturated carbocycles. The lowest BCUT2D eigenvalue weighted by molar-refractivity contribution is 0.0472. The highest BCUT2D eigenvalue weighted by molar-refractivity contribution is 7.89. The van der Waals surface area contributed by atoms with E-state index in [2.05, 4.69) is 0 Å². The number of benzene rings is 2. The number of esters is 1. The highest BCUT2D eigenvalue weighted by Crippen LogP contribution is 2.16. The highest BCUT2D eigenvalue weighted by atomic mass is 35.5. The third-order valence-corrected chi connectivity index (χ3v) is 5.19. The van der Waals surface area contributed by atoms with E-state index in [1.807, 2.05) is 0 Å². The number of halogens is 1. The van der Waals surface area contributed by atoms with Crippen LogP contribution in [0.1, 0.15) is 15.9 Å². The van der Waals surface area contributed by atoms with Crippen LogP contribution in [0.15, 0.2) is 53.4 Å². The van der Waals surface area contributed by atoms with Gasteiger partial charge in [-0.2, -0.15) is 0 Å². The van der Waals surface area contributed by atoms with Crippen LogP contribution in [0.2, 0.25) is 5.02 Å². The summed E-state index contributed by atoms with van der Waals surface area (Å²) in [5.74, 6) is -0.587. The van der Waals surface area contributed by atoms with Gasteiger partial charge in [-0.15, -0.1) is 0 Å². The maximum atomic E-state index is 12.1. The van der Waals surface area contributed by atoms with Gasteiger partial charge in [-0.3, -0.25) is 0 Å². The second-order valence-corrected chi connectivity index (χ2v) is 7.61. The molecule has 0 N–H and O–H groups in total. The van der Waals surface area contributed by atoms with Gasteiger partial charge in [-0.25, -0.2) is 17.5 Å². The van der Waals surface area contributed by atoms with Gasteiger partial charge in [0.1, 0.15) is 6.61 Å². The zero-order valence-electron chi connectivity index (χ0n) is 12.7. The number of carbonyl (C=O) groups is 1. The number of nitrogens with zero attached hydrogens (tertiary/aromatic N) is 1. The molecule has 0 amide bonds. The number of ether oxygens (including phenoxy) is 1. The van der Waals surface area contributed by atoms with Crippen LogP contribution in [-0.4, -0.2) is 32.8 Å². The van der Waals surface area contributed by atoms with Crippen molar-refractivity contribution in [1.29, 1.82) is 0 Å². The van der Waals surface area contributed by atoms with E-state index in [9.17, 15) is 13.2 Å². The van der Waals surface area contributed by atoms with Crippen LogP contribution in [0.4, 0.5) is 0 Å². The van der Waals surface area contributed by atoms with Gasteiger partial charge in [0.05, 0.1) is 10.5 Å². The van der Waals surface area contributed by atoms with Crippen molar-refractivity contribution in [2.24, 2.45) is 0 Å². The second-order valence-electron chi connectivity index (χ2n) is 5.02. The topological polar surface area (TPSA) is 63.7 Å². The zero-order chi connectivity index (χ0) is 17.0. The number of carbonyl (C=O) groups excluding carboxylic acids is 1. The van der Waals surface area contributed by atoms with E-state index in [4.69, 9.17) is 16.3 Å². The van der Waals surface area contributed by atoms with Gasteiger partial charge in [-0.1, -0.05) is 29.8 Å². The number of rotatable bonds is 5. The van der Waals surface area contributed by atoms with Crippen molar-refractivity contribution in [3.8, 4) is 0 Å².